The van der Waals surface area contributed by atoms with E-state index in [9.17, 15) is 4.79 Å². The van der Waals surface area contributed by atoms with Crippen molar-refractivity contribution in [3.05, 3.63) is 12.2 Å². The summed E-state index contributed by atoms with van der Waals surface area (Å²) in [6, 6.07) is 0.827. The van der Waals surface area contributed by atoms with Crippen molar-refractivity contribution in [1.82, 2.24) is 20.1 Å². The van der Waals surface area contributed by atoms with Gasteiger partial charge in [0.05, 0.1) is 13.0 Å². The van der Waals surface area contributed by atoms with Crippen LogP contribution in [0.3, 0.4) is 0 Å². The molecule has 5 nitrogen and oxygen atoms in total. The first-order valence-corrected chi connectivity index (χ1v) is 5.80. The van der Waals surface area contributed by atoms with Gasteiger partial charge in [0.1, 0.15) is 12.2 Å². The van der Waals surface area contributed by atoms with E-state index in [1.54, 1.807) is 4.68 Å². The quantitative estimate of drug-likeness (QED) is 0.770. The highest BCUT2D eigenvalue weighted by molar-refractivity contribution is 5.82. The lowest BCUT2D eigenvalue weighted by Crippen LogP contribution is -2.27. The summed E-state index contributed by atoms with van der Waals surface area (Å²) < 4.78 is 1.80. The number of hydrogen-bond acceptors (Lipinski definition) is 4. The molecule has 1 aliphatic rings. The van der Waals surface area contributed by atoms with Gasteiger partial charge in [-0.15, -0.1) is 0 Å². The molecule has 0 aliphatic heterocycles. The van der Waals surface area contributed by atoms with E-state index in [-0.39, 0.29) is 11.8 Å². The van der Waals surface area contributed by atoms with Crippen molar-refractivity contribution in [2.45, 2.75) is 45.2 Å². The van der Waals surface area contributed by atoms with E-state index < -0.39 is 0 Å². The maximum atomic E-state index is 11.7. The number of nitrogens with one attached hydrogen (secondary N) is 1. The lowest BCUT2D eigenvalue weighted by atomic mass is 10.2. The minimum absolute atomic E-state index is 0.182. The third-order valence-electron chi connectivity index (χ3n) is 2.66. The second-order valence-electron chi connectivity index (χ2n) is 4.59. The number of aromatic nitrogens is 3. The van der Waals surface area contributed by atoms with E-state index in [0.29, 0.717) is 19.0 Å². The average molecular weight is 222 g/mol. The SMILES string of the molecule is CC(C)n1ncnc1CC(=O)CNC1CC1. The van der Waals surface area contributed by atoms with Crippen molar-refractivity contribution < 1.29 is 4.79 Å². The monoisotopic (exact) mass is 222 g/mol. The van der Waals surface area contributed by atoms with Crippen LogP contribution in [0.25, 0.3) is 0 Å². The molecule has 0 unspecified atom stereocenters. The fourth-order valence-electron chi connectivity index (χ4n) is 1.62. The Hall–Kier alpha value is -1.23. The van der Waals surface area contributed by atoms with Crippen LogP contribution in [0.5, 0.6) is 0 Å². The Labute approximate surface area is 95.2 Å². The molecule has 0 bridgehead atoms. The lowest BCUT2D eigenvalue weighted by Gasteiger charge is -2.08. The molecule has 16 heavy (non-hydrogen) atoms. The number of nitrogens with zero attached hydrogens (tertiary/aromatic N) is 3. The van der Waals surface area contributed by atoms with Crippen molar-refractivity contribution in [2.75, 3.05) is 6.54 Å². The number of hydrogen-bond donors (Lipinski definition) is 1. The van der Waals surface area contributed by atoms with Crippen LogP contribution in [0.2, 0.25) is 0 Å². The van der Waals surface area contributed by atoms with Crippen molar-refractivity contribution in [3.63, 3.8) is 0 Å². The normalized spacial score (nSPS) is 15.7. The Morgan fingerprint density at radius 1 is 1.62 bits per heavy atom. The second kappa shape index (κ2) is 4.74. The minimum Gasteiger partial charge on any atom is -0.307 e. The predicted octanol–water partition coefficient (Wildman–Crippen LogP) is 0.723. The number of carbonyl (C=O) groups is 1. The fraction of sp³-hybridized carbons (Fsp3) is 0.727. The zero-order valence-electron chi connectivity index (χ0n) is 9.81. The van der Waals surface area contributed by atoms with Gasteiger partial charge in [-0.05, 0) is 26.7 Å². The molecule has 5 heteroatoms. The van der Waals surface area contributed by atoms with Crippen LogP contribution in [0.1, 0.15) is 38.6 Å². The molecule has 2 rings (SSSR count). The van der Waals surface area contributed by atoms with Crippen LogP contribution in [0.15, 0.2) is 6.33 Å². The van der Waals surface area contributed by atoms with E-state index in [1.165, 1.54) is 19.2 Å². The van der Waals surface area contributed by atoms with Gasteiger partial charge < -0.3 is 5.32 Å². The highest BCUT2D eigenvalue weighted by Gasteiger charge is 2.21. The lowest BCUT2D eigenvalue weighted by molar-refractivity contribution is -0.117. The molecule has 0 amide bonds. The van der Waals surface area contributed by atoms with Gasteiger partial charge in [0.15, 0.2) is 5.78 Å². The third-order valence-corrected chi connectivity index (χ3v) is 2.66. The van der Waals surface area contributed by atoms with Crippen LogP contribution in [-0.4, -0.2) is 33.1 Å². The van der Waals surface area contributed by atoms with E-state index in [4.69, 9.17) is 0 Å². The molecule has 1 saturated carbocycles. The Kier molecular flexibility index (Phi) is 3.33. The molecule has 1 heterocycles. The molecular weight excluding hydrogens is 204 g/mol. The second-order valence-corrected chi connectivity index (χ2v) is 4.59. The third kappa shape index (κ3) is 2.88. The van der Waals surface area contributed by atoms with Gasteiger partial charge in [-0.1, -0.05) is 0 Å². The van der Waals surface area contributed by atoms with Crippen LogP contribution in [-0.2, 0) is 11.2 Å². The molecule has 1 aromatic heterocycles. The summed E-state index contributed by atoms with van der Waals surface area (Å²) in [5.74, 6) is 0.944. The smallest absolute Gasteiger partial charge is 0.154 e. The molecule has 0 saturated heterocycles. The van der Waals surface area contributed by atoms with Crippen molar-refractivity contribution in [2.24, 2.45) is 0 Å². The summed E-state index contributed by atoms with van der Waals surface area (Å²) in [6.45, 7) is 4.52. The highest BCUT2D eigenvalue weighted by atomic mass is 16.1. The molecule has 1 aliphatic carbocycles. The zero-order valence-corrected chi connectivity index (χ0v) is 9.81. The maximum absolute atomic E-state index is 11.7. The first-order chi connectivity index (χ1) is 7.66. The molecule has 88 valence electrons. The van der Waals surface area contributed by atoms with Crippen LogP contribution < -0.4 is 5.32 Å². The molecule has 0 atom stereocenters. The summed E-state index contributed by atoms with van der Waals surface area (Å²) in [5, 5.41) is 7.32. The molecule has 0 spiro atoms. The molecule has 1 N–H and O–H groups in total. The number of carbonyl (C=O) groups excluding carboxylic acids is 1. The molecule has 0 radical (unpaired) electrons. The number of Topliss-reactive ketones (excluding diaryl/α,β-unsaturated/α-hetero) is 1. The topological polar surface area (TPSA) is 59.8 Å². The van der Waals surface area contributed by atoms with Gasteiger partial charge in [-0.25, -0.2) is 9.67 Å². The minimum atomic E-state index is 0.182. The number of rotatable bonds is 6. The van der Waals surface area contributed by atoms with Crippen LogP contribution >= 0.6 is 0 Å². The predicted molar refractivity (Wildman–Crippen MR) is 60.1 cm³/mol. The van der Waals surface area contributed by atoms with E-state index in [0.717, 1.165) is 5.82 Å². The average Bonchev–Trinajstić information content (AvgIpc) is 2.95. The van der Waals surface area contributed by atoms with E-state index in [2.05, 4.69) is 15.4 Å². The largest absolute Gasteiger partial charge is 0.307 e. The van der Waals surface area contributed by atoms with Gasteiger partial charge in [-0.2, -0.15) is 5.10 Å². The summed E-state index contributed by atoms with van der Waals surface area (Å²) in [4.78, 5) is 15.8. The highest BCUT2D eigenvalue weighted by Crippen LogP contribution is 2.18. The fourth-order valence-corrected chi connectivity index (χ4v) is 1.62. The van der Waals surface area contributed by atoms with Gasteiger partial charge in [0, 0.05) is 12.1 Å². The number of ketones is 1. The van der Waals surface area contributed by atoms with E-state index >= 15 is 0 Å². The van der Waals surface area contributed by atoms with Crippen LogP contribution in [0, 0.1) is 0 Å². The Morgan fingerprint density at radius 3 is 3.00 bits per heavy atom. The first kappa shape index (κ1) is 11.3. The van der Waals surface area contributed by atoms with E-state index in [1.807, 2.05) is 13.8 Å². The van der Waals surface area contributed by atoms with Gasteiger partial charge in [0.2, 0.25) is 0 Å². The first-order valence-electron chi connectivity index (χ1n) is 5.80. The molecule has 1 fully saturated rings. The zero-order chi connectivity index (χ0) is 11.5. The molecule has 0 aromatic carbocycles. The van der Waals surface area contributed by atoms with Crippen molar-refractivity contribution in [1.29, 1.82) is 0 Å². The summed E-state index contributed by atoms with van der Waals surface area (Å²) in [6.07, 6.45) is 4.29. The van der Waals surface area contributed by atoms with Crippen molar-refractivity contribution in [3.8, 4) is 0 Å². The van der Waals surface area contributed by atoms with Gasteiger partial charge in [0.25, 0.3) is 0 Å². The Morgan fingerprint density at radius 2 is 2.38 bits per heavy atom. The Balaban J connectivity index is 1.86. The molecule has 1 aromatic rings. The van der Waals surface area contributed by atoms with Crippen LogP contribution in [0.4, 0.5) is 0 Å². The molecular formula is C11H18N4O. The maximum Gasteiger partial charge on any atom is 0.154 e. The van der Waals surface area contributed by atoms with Gasteiger partial charge in [-0.3, -0.25) is 4.79 Å². The summed E-state index contributed by atoms with van der Waals surface area (Å²) in [7, 11) is 0. The summed E-state index contributed by atoms with van der Waals surface area (Å²) >= 11 is 0. The Bertz CT molecular complexity index is 368. The summed E-state index contributed by atoms with van der Waals surface area (Å²) in [5.41, 5.74) is 0. The van der Waals surface area contributed by atoms with Gasteiger partial charge >= 0.3 is 0 Å². The van der Waals surface area contributed by atoms with Crippen molar-refractivity contribution >= 4 is 5.78 Å². The standard InChI is InChI=1S/C11H18N4O/c1-8(2)15-11(13-7-14-15)5-10(16)6-12-9-3-4-9/h7-9,12H,3-6H2,1-2H3.